The zero-order valence-corrected chi connectivity index (χ0v) is 14.7. The van der Waals surface area contributed by atoms with E-state index in [9.17, 15) is 0 Å². The summed E-state index contributed by atoms with van der Waals surface area (Å²) in [7, 11) is 0. The van der Waals surface area contributed by atoms with Crippen molar-refractivity contribution in [3.05, 3.63) is 34.8 Å². The molecule has 0 saturated carbocycles. The van der Waals surface area contributed by atoms with Gasteiger partial charge in [0.2, 0.25) is 5.95 Å². The average Bonchev–Trinajstić information content (AvgIpc) is 2.58. The number of hydrogen-bond acceptors (Lipinski definition) is 7. The highest BCUT2D eigenvalue weighted by Gasteiger charge is 2.18. The summed E-state index contributed by atoms with van der Waals surface area (Å²) in [5, 5.41) is 1.89. The van der Waals surface area contributed by atoms with Crippen molar-refractivity contribution in [3.63, 3.8) is 0 Å². The molecule has 0 spiro atoms. The minimum atomic E-state index is 0.564. The molecule has 6 nitrogen and oxygen atoms in total. The van der Waals surface area contributed by atoms with Gasteiger partial charge < -0.3 is 4.90 Å². The predicted molar refractivity (Wildman–Crippen MR) is 93.5 cm³/mol. The minimum Gasteiger partial charge on any atom is -0.338 e. The van der Waals surface area contributed by atoms with Gasteiger partial charge in [-0.2, -0.15) is 0 Å². The van der Waals surface area contributed by atoms with Crippen LogP contribution < -0.4 is 4.90 Å². The number of halogens is 2. The Morgan fingerprint density at radius 1 is 0.870 bits per heavy atom. The van der Waals surface area contributed by atoms with Crippen LogP contribution in [0.2, 0.25) is 10.0 Å². The molecule has 0 aliphatic carbocycles. The van der Waals surface area contributed by atoms with E-state index in [1.54, 1.807) is 36.5 Å². The number of thioether (sulfide) groups is 1. The molecular formula is C14H16Cl2N6S. The lowest BCUT2D eigenvalue weighted by Crippen LogP contribution is -2.47. The van der Waals surface area contributed by atoms with Crippen LogP contribution in [0.4, 0.5) is 5.95 Å². The Bertz CT molecular complexity index is 613. The first-order valence-corrected chi connectivity index (χ1v) is 9.00. The smallest absolute Gasteiger partial charge is 0.225 e. The lowest BCUT2D eigenvalue weighted by atomic mass is 10.3. The fourth-order valence-electron chi connectivity index (χ4n) is 2.28. The van der Waals surface area contributed by atoms with E-state index >= 15 is 0 Å². The van der Waals surface area contributed by atoms with Crippen LogP contribution in [-0.4, -0.2) is 63.3 Å². The monoisotopic (exact) mass is 370 g/mol. The van der Waals surface area contributed by atoms with E-state index in [0.29, 0.717) is 10.0 Å². The van der Waals surface area contributed by atoms with Crippen LogP contribution in [0.25, 0.3) is 0 Å². The highest BCUT2D eigenvalue weighted by Crippen LogP contribution is 2.16. The molecule has 23 heavy (non-hydrogen) atoms. The summed E-state index contributed by atoms with van der Waals surface area (Å²) in [5.74, 6) is 1.71. The van der Waals surface area contributed by atoms with E-state index in [1.165, 1.54) is 0 Å². The largest absolute Gasteiger partial charge is 0.338 e. The summed E-state index contributed by atoms with van der Waals surface area (Å²) in [4.78, 5) is 21.5. The van der Waals surface area contributed by atoms with E-state index in [-0.39, 0.29) is 0 Å². The first-order valence-electron chi connectivity index (χ1n) is 7.26. The fraction of sp³-hybridized carbons (Fsp3) is 0.429. The quantitative estimate of drug-likeness (QED) is 0.591. The Balaban J connectivity index is 1.40. The van der Waals surface area contributed by atoms with E-state index < -0.39 is 0 Å². The van der Waals surface area contributed by atoms with Crippen LogP contribution >= 0.6 is 35.0 Å². The van der Waals surface area contributed by atoms with Crippen molar-refractivity contribution < 1.29 is 0 Å². The molecule has 3 heterocycles. The molecule has 0 aromatic carbocycles. The zero-order chi connectivity index (χ0) is 16.1. The summed E-state index contributed by atoms with van der Waals surface area (Å²) in [6.45, 7) is 4.83. The van der Waals surface area contributed by atoms with E-state index in [1.807, 2.05) is 0 Å². The minimum absolute atomic E-state index is 0.564. The highest BCUT2D eigenvalue weighted by atomic mass is 35.5. The number of rotatable bonds is 5. The van der Waals surface area contributed by atoms with Crippen LogP contribution in [0.3, 0.4) is 0 Å². The van der Waals surface area contributed by atoms with Crippen molar-refractivity contribution in [1.82, 2.24) is 24.8 Å². The lowest BCUT2D eigenvalue weighted by molar-refractivity contribution is 0.272. The molecule has 0 amide bonds. The van der Waals surface area contributed by atoms with Crippen molar-refractivity contribution in [1.29, 1.82) is 0 Å². The Kier molecular flexibility index (Phi) is 5.88. The van der Waals surface area contributed by atoms with E-state index in [0.717, 1.165) is 49.6 Å². The van der Waals surface area contributed by atoms with Crippen molar-refractivity contribution in [2.45, 2.75) is 5.16 Å². The highest BCUT2D eigenvalue weighted by molar-refractivity contribution is 7.99. The maximum Gasteiger partial charge on any atom is 0.225 e. The number of hydrogen-bond donors (Lipinski definition) is 0. The average molecular weight is 371 g/mol. The van der Waals surface area contributed by atoms with Crippen molar-refractivity contribution >= 4 is 40.9 Å². The molecule has 3 rings (SSSR count). The van der Waals surface area contributed by atoms with Gasteiger partial charge in [0.1, 0.15) is 0 Å². The molecular weight excluding hydrogens is 355 g/mol. The normalized spacial score (nSPS) is 15.8. The molecule has 2 aromatic heterocycles. The number of anilines is 1. The molecule has 122 valence electrons. The molecule has 0 atom stereocenters. The summed E-state index contributed by atoms with van der Waals surface area (Å²) < 4.78 is 0. The Hall–Kier alpha value is -1.15. The molecule has 9 heteroatoms. The van der Waals surface area contributed by atoms with Crippen LogP contribution in [0.15, 0.2) is 29.9 Å². The molecule has 2 aromatic rings. The Labute approximate surface area is 149 Å². The van der Waals surface area contributed by atoms with Gasteiger partial charge in [-0.25, -0.2) is 19.9 Å². The van der Waals surface area contributed by atoms with Gasteiger partial charge in [-0.15, -0.1) is 0 Å². The summed E-state index contributed by atoms with van der Waals surface area (Å²) >= 11 is 13.2. The third-order valence-corrected chi connectivity index (χ3v) is 4.74. The van der Waals surface area contributed by atoms with Crippen molar-refractivity contribution in [3.8, 4) is 0 Å². The fourth-order valence-corrected chi connectivity index (χ4v) is 3.26. The molecule has 1 aliphatic heterocycles. The molecule has 1 saturated heterocycles. The third kappa shape index (κ3) is 4.91. The predicted octanol–water partition coefficient (Wildman–Crippen LogP) is 2.49. The third-order valence-electron chi connectivity index (χ3n) is 3.50. The second-order valence-corrected chi connectivity index (χ2v) is 7.00. The van der Waals surface area contributed by atoms with Crippen LogP contribution in [0.1, 0.15) is 0 Å². The van der Waals surface area contributed by atoms with Gasteiger partial charge in [0.15, 0.2) is 5.16 Å². The van der Waals surface area contributed by atoms with E-state index in [2.05, 4.69) is 29.7 Å². The van der Waals surface area contributed by atoms with Gasteiger partial charge in [-0.3, -0.25) is 4.90 Å². The second kappa shape index (κ2) is 8.10. The first kappa shape index (κ1) is 16.7. The number of piperazine rings is 1. The van der Waals surface area contributed by atoms with Gasteiger partial charge in [0.25, 0.3) is 0 Å². The Morgan fingerprint density at radius 2 is 1.43 bits per heavy atom. The standard InChI is InChI=1S/C14H16Cl2N6S/c15-11-7-17-13(18-8-11)22-3-1-21(2-4-22)5-6-23-14-19-9-12(16)10-20-14/h7-10H,1-6H2. The first-order chi connectivity index (χ1) is 11.2. The van der Waals surface area contributed by atoms with Gasteiger partial charge in [-0.05, 0) is 0 Å². The number of aromatic nitrogens is 4. The maximum atomic E-state index is 5.82. The second-order valence-electron chi connectivity index (χ2n) is 5.06. The van der Waals surface area contributed by atoms with Crippen molar-refractivity contribution in [2.24, 2.45) is 0 Å². The van der Waals surface area contributed by atoms with Gasteiger partial charge in [0, 0.05) is 38.5 Å². The van der Waals surface area contributed by atoms with E-state index in [4.69, 9.17) is 23.2 Å². The molecule has 0 N–H and O–H groups in total. The van der Waals surface area contributed by atoms with Crippen LogP contribution in [0, 0.1) is 0 Å². The SMILES string of the molecule is Clc1cnc(SCCN2CCN(c3ncc(Cl)cn3)CC2)nc1. The van der Waals surface area contributed by atoms with Gasteiger partial charge in [0.05, 0.1) is 34.8 Å². The topological polar surface area (TPSA) is 58.0 Å². The van der Waals surface area contributed by atoms with Gasteiger partial charge >= 0.3 is 0 Å². The maximum absolute atomic E-state index is 5.82. The van der Waals surface area contributed by atoms with Crippen LogP contribution in [-0.2, 0) is 0 Å². The Morgan fingerprint density at radius 3 is 2.04 bits per heavy atom. The zero-order valence-electron chi connectivity index (χ0n) is 12.4. The molecule has 1 fully saturated rings. The van der Waals surface area contributed by atoms with Gasteiger partial charge in [-0.1, -0.05) is 35.0 Å². The number of nitrogens with zero attached hydrogens (tertiary/aromatic N) is 6. The van der Waals surface area contributed by atoms with Crippen LogP contribution in [0.5, 0.6) is 0 Å². The summed E-state index contributed by atoms with van der Waals surface area (Å²) in [6.07, 6.45) is 6.53. The summed E-state index contributed by atoms with van der Waals surface area (Å²) in [5.41, 5.74) is 0. The molecule has 1 aliphatic rings. The lowest BCUT2D eigenvalue weighted by Gasteiger charge is -2.34. The van der Waals surface area contributed by atoms with Crippen molar-refractivity contribution in [2.75, 3.05) is 43.4 Å². The summed E-state index contributed by atoms with van der Waals surface area (Å²) in [6, 6.07) is 0. The molecule has 0 unspecified atom stereocenters. The molecule has 0 bridgehead atoms. The molecule has 0 radical (unpaired) electrons.